The summed E-state index contributed by atoms with van der Waals surface area (Å²) in [5, 5.41) is 11.7. The Morgan fingerprint density at radius 1 is 1.43 bits per heavy atom. The van der Waals surface area contributed by atoms with Crippen molar-refractivity contribution in [2.75, 3.05) is 19.7 Å². The number of morpholine rings is 1. The van der Waals surface area contributed by atoms with E-state index >= 15 is 0 Å². The lowest BCUT2D eigenvalue weighted by Crippen LogP contribution is -2.42. The second-order valence-corrected chi connectivity index (χ2v) is 5.55. The van der Waals surface area contributed by atoms with Gasteiger partial charge in [-0.05, 0) is 24.6 Å². The summed E-state index contributed by atoms with van der Waals surface area (Å²) in [4.78, 5) is 18.7. The highest BCUT2D eigenvalue weighted by Gasteiger charge is 2.29. The maximum atomic E-state index is 12.9. The molecule has 2 aromatic heterocycles. The molecule has 1 fully saturated rings. The summed E-state index contributed by atoms with van der Waals surface area (Å²) in [6, 6.07) is 3.87. The largest absolute Gasteiger partial charge is 0.366 e. The second-order valence-electron chi connectivity index (χ2n) is 5.55. The van der Waals surface area contributed by atoms with Gasteiger partial charge in [-0.3, -0.25) is 9.89 Å². The maximum absolute atomic E-state index is 12.9. The highest BCUT2D eigenvalue weighted by atomic mass is 16.5. The molecule has 118 valence electrons. The number of rotatable bonds is 2. The van der Waals surface area contributed by atoms with Crippen molar-refractivity contribution in [3.05, 3.63) is 41.7 Å². The Balaban J connectivity index is 1.64. The quantitative estimate of drug-likeness (QED) is 0.769. The number of nitrogens with one attached hydrogen (secondary N) is 1. The number of carbonyl (C=O) groups excluding carboxylic acids is 1. The van der Waals surface area contributed by atoms with Crippen molar-refractivity contribution >= 4 is 16.8 Å². The lowest BCUT2D eigenvalue weighted by molar-refractivity contribution is -0.0275. The van der Waals surface area contributed by atoms with E-state index < -0.39 is 0 Å². The van der Waals surface area contributed by atoms with E-state index in [9.17, 15) is 4.79 Å². The number of nitrogens with zero attached hydrogens (tertiary/aromatic N) is 4. The molecule has 23 heavy (non-hydrogen) atoms. The first-order valence-electron chi connectivity index (χ1n) is 7.33. The van der Waals surface area contributed by atoms with Crippen molar-refractivity contribution in [2.45, 2.75) is 13.0 Å². The summed E-state index contributed by atoms with van der Waals surface area (Å²) < 4.78 is 10.4. The van der Waals surface area contributed by atoms with Crippen LogP contribution in [0.1, 0.15) is 27.8 Å². The van der Waals surface area contributed by atoms with Crippen LogP contribution in [0.5, 0.6) is 0 Å². The van der Waals surface area contributed by atoms with Crippen LogP contribution >= 0.6 is 0 Å². The van der Waals surface area contributed by atoms with E-state index in [4.69, 9.17) is 9.26 Å². The summed E-state index contributed by atoms with van der Waals surface area (Å²) in [5.74, 6) is 0.401. The Labute approximate surface area is 131 Å². The fourth-order valence-corrected chi connectivity index (χ4v) is 2.86. The molecule has 8 heteroatoms. The van der Waals surface area contributed by atoms with Gasteiger partial charge in [-0.1, -0.05) is 5.16 Å². The first kappa shape index (κ1) is 13.9. The lowest BCUT2D eigenvalue weighted by atomic mass is 10.1. The van der Waals surface area contributed by atoms with E-state index in [0.29, 0.717) is 31.1 Å². The van der Waals surface area contributed by atoms with Gasteiger partial charge in [-0.25, -0.2) is 0 Å². The Kier molecular flexibility index (Phi) is 3.30. The Morgan fingerprint density at radius 3 is 3.17 bits per heavy atom. The Bertz CT molecular complexity index is 842. The average molecular weight is 313 g/mol. The van der Waals surface area contributed by atoms with Crippen LogP contribution in [0.2, 0.25) is 0 Å². The first-order chi connectivity index (χ1) is 11.2. The van der Waals surface area contributed by atoms with E-state index in [-0.39, 0.29) is 12.0 Å². The SMILES string of the molecule is Cc1cc(C(=O)N2CCOC(c3ncon3)C2)c2[nH]ncc2c1. The normalized spacial score (nSPS) is 18.5. The third-order valence-corrected chi connectivity index (χ3v) is 3.94. The summed E-state index contributed by atoms with van der Waals surface area (Å²) >= 11 is 0. The third kappa shape index (κ3) is 2.46. The second kappa shape index (κ2) is 5.47. The van der Waals surface area contributed by atoms with Gasteiger partial charge < -0.3 is 14.2 Å². The van der Waals surface area contributed by atoms with Crippen molar-refractivity contribution in [1.29, 1.82) is 0 Å². The van der Waals surface area contributed by atoms with Gasteiger partial charge in [0.05, 0.1) is 30.4 Å². The smallest absolute Gasteiger partial charge is 0.256 e. The van der Waals surface area contributed by atoms with E-state index in [1.165, 1.54) is 6.39 Å². The van der Waals surface area contributed by atoms with Crippen LogP contribution < -0.4 is 0 Å². The molecule has 1 N–H and O–H groups in total. The zero-order chi connectivity index (χ0) is 15.8. The van der Waals surface area contributed by atoms with E-state index in [1.54, 1.807) is 11.1 Å². The molecule has 0 saturated carbocycles. The molecular weight excluding hydrogens is 298 g/mol. The molecule has 1 unspecified atom stereocenters. The van der Waals surface area contributed by atoms with Crippen LogP contribution in [0.15, 0.2) is 29.2 Å². The number of aromatic nitrogens is 4. The molecule has 1 atom stereocenters. The van der Waals surface area contributed by atoms with Gasteiger partial charge in [-0.2, -0.15) is 10.1 Å². The van der Waals surface area contributed by atoms with E-state index in [1.807, 2.05) is 19.1 Å². The van der Waals surface area contributed by atoms with Gasteiger partial charge in [0.2, 0.25) is 12.2 Å². The van der Waals surface area contributed by atoms with Gasteiger partial charge in [0, 0.05) is 11.9 Å². The lowest BCUT2D eigenvalue weighted by Gasteiger charge is -2.31. The Morgan fingerprint density at radius 2 is 2.35 bits per heavy atom. The van der Waals surface area contributed by atoms with Crippen LogP contribution in [-0.2, 0) is 4.74 Å². The maximum Gasteiger partial charge on any atom is 0.256 e. The predicted molar refractivity (Wildman–Crippen MR) is 79.7 cm³/mol. The standard InChI is InChI=1S/C15H15N5O3/c1-9-4-10-6-17-18-13(10)11(5-9)15(21)20-2-3-22-12(7-20)14-16-8-23-19-14/h4-6,8,12H,2-3,7H2,1H3,(H,17,18). The summed E-state index contributed by atoms with van der Waals surface area (Å²) in [6.07, 6.45) is 2.61. The number of carbonyl (C=O) groups is 1. The summed E-state index contributed by atoms with van der Waals surface area (Å²) in [7, 11) is 0. The summed E-state index contributed by atoms with van der Waals surface area (Å²) in [5.41, 5.74) is 2.39. The number of fused-ring (bicyclic) bond motifs is 1. The van der Waals surface area contributed by atoms with Crippen LogP contribution in [0.25, 0.3) is 10.9 Å². The van der Waals surface area contributed by atoms with Crippen molar-refractivity contribution in [3.8, 4) is 0 Å². The minimum atomic E-state index is -0.367. The average Bonchev–Trinajstić information content (AvgIpc) is 3.24. The molecule has 3 heterocycles. The monoisotopic (exact) mass is 313 g/mol. The molecule has 4 rings (SSSR count). The van der Waals surface area contributed by atoms with Crippen LogP contribution in [-0.4, -0.2) is 50.8 Å². The molecule has 1 aromatic carbocycles. The zero-order valence-corrected chi connectivity index (χ0v) is 12.5. The highest BCUT2D eigenvalue weighted by molar-refractivity contribution is 6.05. The number of aryl methyl sites for hydroxylation is 1. The number of ether oxygens (including phenoxy) is 1. The van der Waals surface area contributed by atoms with Crippen molar-refractivity contribution < 1.29 is 14.1 Å². The summed E-state index contributed by atoms with van der Waals surface area (Å²) in [6.45, 7) is 3.31. The number of hydrogen-bond acceptors (Lipinski definition) is 6. The molecule has 1 aliphatic heterocycles. The minimum Gasteiger partial charge on any atom is -0.366 e. The molecule has 0 aliphatic carbocycles. The van der Waals surface area contributed by atoms with Crippen molar-refractivity contribution in [1.82, 2.24) is 25.2 Å². The molecule has 0 spiro atoms. The first-order valence-corrected chi connectivity index (χ1v) is 7.33. The number of hydrogen-bond donors (Lipinski definition) is 1. The fourth-order valence-electron chi connectivity index (χ4n) is 2.86. The molecule has 1 saturated heterocycles. The number of amides is 1. The van der Waals surface area contributed by atoms with Crippen LogP contribution in [0, 0.1) is 6.92 Å². The van der Waals surface area contributed by atoms with Crippen molar-refractivity contribution in [2.24, 2.45) is 0 Å². The van der Waals surface area contributed by atoms with E-state index in [0.717, 1.165) is 16.5 Å². The molecule has 1 amide bonds. The number of benzene rings is 1. The van der Waals surface area contributed by atoms with Crippen LogP contribution in [0.4, 0.5) is 0 Å². The topological polar surface area (TPSA) is 97.1 Å². The Hall–Kier alpha value is -2.74. The van der Waals surface area contributed by atoms with Gasteiger partial charge in [0.15, 0.2) is 0 Å². The van der Waals surface area contributed by atoms with Gasteiger partial charge in [-0.15, -0.1) is 0 Å². The molecular formula is C15H15N5O3. The fraction of sp³-hybridized carbons (Fsp3) is 0.333. The minimum absolute atomic E-state index is 0.0558. The zero-order valence-electron chi connectivity index (χ0n) is 12.5. The molecule has 0 radical (unpaired) electrons. The van der Waals surface area contributed by atoms with E-state index in [2.05, 4.69) is 20.3 Å². The third-order valence-electron chi connectivity index (χ3n) is 3.94. The van der Waals surface area contributed by atoms with Crippen LogP contribution in [0.3, 0.4) is 0 Å². The van der Waals surface area contributed by atoms with Gasteiger partial charge in [0.1, 0.15) is 6.10 Å². The molecule has 8 nitrogen and oxygen atoms in total. The highest BCUT2D eigenvalue weighted by Crippen LogP contribution is 2.24. The predicted octanol–water partition coefficient (Wildman–Crippen LogP) is 1.47. The van der Waals surface area contributed by atoms with Gasteiger partial charge >= 0.3 is 0 Å². The molecule has 0 bridgehead atoms. The number of aromatic amines is 1. The number of H-pyrrole nitrogens is 1. The molecule has 3 aromatic rings. The van der Waals surface area contributed by atoms with Crippen molar-refractivity contribution in [3.63, 3.8) is 0 Å². The van der Waals surface area contributed by atoms with Gasteiger partial charge in [0.25, 0.3) is 5.91 Å². The molecule has 1 aliphatic rings.